The van der Waals surface area contributed by atoms with Gasteiger partial charge in [0.1, 0.15) is 0 Å². The predicted molar refractivity (Wildman–Crippen MR) is 69.7 cm³/mol. The Bertz CT molecular complexity index is 565. The van der Waals surface area contributed by atoms with Crippen molar-refractivity contribution in [2.75, 3.05) is 12.1 Å². The summed E-state index contributed by atoms with van der Waals surface area (Å²) in [5, 5.41) is 11.9. The molecule has 1 heterocycles. The van der Waals surface area contributed by atoms with Gasteiger partial charge in [0.05, 0.1) is 11.1 Å². The minimum absolute atomic E-state index is 0.00709. The number of hydrogen-bond donors (Lipinski definition) is 2. The van der Waals surface area contributed by atoms with Crippen LogP contribution in [0.2, 0.25) is 0 Å². The molecular weight excluding hydrogens is 262 g/mol. The number of anilines is 1. The number of amides is 1. The zero-order valence-electron chi connectivity index (χ0n) is 10.8. The summed E-state index contributed by atoms with van der Waals surface area (Å²) in [5.74, 6) is -0.119. The summed E-state index contributed by atoms with van der Waals surface area (Å²) in [4.78, 5) is 23.3. The Labute approximate surface area is 115 Å². The molecule has 1 aromatic carbocycles. The lowest BCUT2D eigenvalue weighted by Gasteiger charge is -2.36. The van der Waals surface area contributed by atoms with Crippen LogP contribution in [0.1, 0.15) is 25.7 Å². The zero-order valence-corrected chi connectivity index (χ0v) is 10.8. The summed E-state index contributed by atoms with van der Waals surface area (Å²) >= 11 is 0. The second-order valence-corrected chi connectivity index (χ2v) is 5.20. The first-order chi connectivity index (χ1) is 9.61. The molecule has 0 saturated heterocycles. The van der Waals surface area contributed by atoms with E-state index in [2.05, 4.69) is 5.32 Å². The lowest BCUT2D eigenvalue weighted by molar-refractivity contribution is -0.157. The van der Waals surface area contributed by atoms with Crippen molar-refractivity contribution in [2.24, 2.45) is 5.41 Å². The van der Waals surface area contributed by atoms with Crippen molar-refractivity contribution in [1.82, 2.24) is 0 Å². The highest BCUT2D eigenvalue weighted by molar-refractivity contribution is 5.96. The molecule has 1 aliphatic carbocycles. The maximum atomic E-state index is 12.1. The van der Waals surface area contributed by atoms with Gasteiger partial charge in [-0.1, -0.05) is 12.5 Å². The molecule has 0 aromatic heterocycles. The highest BCUT2D eigenvalue weighted by atomic mass is 16.7. The monoisotopic (exact) mass is 277 g/mol. The Morgan fingerprint density at radius 3 is 2.75 bits per heavy atom. The molecule has 3 rings (SSSR count). The van der Waals surface area contributed by atoms with E-state index < -0.39 is 11.4 Å². The van der Waals surface area contributed by atoms with Crippen LogP contribution in [0.15, 0.2) is 18.2 Å². The molecule has 1 aromatic rings. The number of carbonyl (C=O) groups excluding carboxylic acids is 1. The second-order valence-electron chi connectivity index (χ2n) is 5.20. The molecular formula is C14H15NO5. The zero-order chi connectivity index (χ0) is 14.2. The fraction of sp³-hybridized carbons (Fsp3) is 0.429. The normalized spacial score (nSPS) is 18.2. The third kappa shape index (κ3) is 2.07. The molecule has 0 radical (unpaired) electrons. The molecule has 2 aliphatic rings. The van der Waals surface area contributed by atoms with Crippen LogP contribution in [0.4, 0.5) is 5.69 Å². The molecule has 2 N–H and O–H groups in total. The molecule has 0 unspecified atom stereocenters. The van der Waals surface area contributed by atoms with E-state index in [9.17, 15) is 14.7 Å². The van der Waals surface area contributed by atoms with E-state index in [1.165, 1.54) is 0 Å². The lowest BCUT2D eigenvalue weighted by Crippen LogP contribution is -2.41. The third-order valence-electron chi connectivity index (χ3n) is 3.93. The molecule has 0 atom stereocenters. The van der Waals surface area contributed by atoms with Gasteiger partial charge in [0.15, 0.2) is 11.5 Å². The van der Waals surface area contributed by atoms with Crippen LogP contribution >= 0.6 is 0 Å². The van der Waals surface area contributed by atoms with E-state index in [1.807, 2.05) is 0 Å². The van der Waals surface area contributed by atoms with Crippen molar-refractivity contribution in [3.8, 4) is 11.5 Å². The van der Waals surface area contributed by atoms with Crippen LogP contribution in [0.25, 0.3) is 0 Å². The van der Waals surface area contributed by atoms with Crippen LogP contribution in [0.5, 0.6) is 11.5 Å². The maximum Gasteiger partial charge on any atom is 0.310 e. The number of carbonyl (C=O) groups is 2. The highest BCUT2D eigenvalue weighted by Crippen LogP contribution is 2.45. The van der Waals surface area contributed by atoms with E-state index in [-0.39, 0.29) is 19.1 Å². The van der Waals surface area contributed by atoms with Crippen molar-refractivity contribution in [1.29, 1.82) is 0 Å². The fourth-order valence-corrected chi connectivity index (χ4v) is 2.60. The number of carboxylic acids is 1. The number of hydrogen-bond acceptors (Lipinski definition) is 4. The molecule has 1 amide bonds. The van der Waals surface area contributed by atoms with Crippen LogP contribution in [-0.4, -0.2) is 23.8 Å². The van der Waals surface area contributed by atoms with Gasteiger partial charge in [0.25, 0.3) is 0 Å². The summed E-state index contributed by atoms with van der Waals surface area (Å²) in [6.45, 7) is 0.126. The Morgan fingerprint density at radius 1 is 1.30 bits per heavy atom. The molecule has 0 spiro atoms. The number of nitrogens with one attached hydrogen (secondary N) is 1. The molecule has 106 valence electrons. The minimum Gasteiger partial charge on any atom is -0.481 e. The van der Waals surface area contributed by atoms with Crippen molar-refractivity contribution in [3.63, 3.8) is 0 Å². The molecule has 1 aliphatic heterocycles. The van der Waals surface area contributed by atoms with Gasteiger partial charge in [0.2, 0.25) is 12.7 Å². The van der Waals surface area contributed by atoms with Crippen molar-refractivity contribution < 1.29 is 24.2 Å². The number of para-hydroxylation sites is 1. The average Bonchev–Trinajstić information content (AvgIpc) is 2.82. The van der Waals surface area contributed by atoms with Crippen molar-refractivity contribution in [2.45, 2.75) is 25.7 Å². The summed E-state index contributed by atoms with van der Waals surface area (Å²) in [5.41, 5.74) is -0.371. The van der Waals surface area contributed by atoms with E-state index in [4.69, 9.17) is 9.47 Å². The molecule has 20 heavy (non-hydrogen) atoms. The van der Waals surface area contributed by atoms with Gasteiger partial charge in [-0.3, -0.25) is 9.59 Å². The number of fused-ring (bicyclic) bond motifs is 1. The molecule has 1 saturated carbocycles. The minimum atomic E-state index is -0.892. The largest absolute Gasteiger partial charge is 0.481 e. The van der Waals surface area contributed by atoms with E-state index in [0.29, 0.717) is 30.0 Å². The Morgan fingerprint density at radius 2 is 2.10 bits per heavy atom. The highest BCUT2D eigenvalue weighted by Gasteiger charge is 2.46. The number of benzene rings is 1. The maximum absolute atomic E-state index is 12.1. The summed E-state index contributed by atoms with van der Waals surface area (Å²) in [6, 6.07) is 5.21. The fourth-order valence-electron chi connectivity index (χ4n) is 2.60. The molecule has 6 heteroatoms. The van der Waals surface area contributed by atoms with Crippen molar-refractivity contribution >= 4 is 17.6 Å². The quantitative estimate of drug-likeness (QED) is 0.879. The van der Waals surface area contributed by atoms with Gasteiger partial charge in [-0.2, -0.15) is 0 Å². The summed E-state index contributed by atoms with van der Waals surface area (Å²) < 4.78 is 10.5. The lowest BCUT2D eigenvalue weighted by atomic mass is 9.66. The second kappa shape index (κ2) is 4.70. The standard InChI is InChI=1S/C14H15NO5/c16-11(7-14(13(17)18)5-2-6-14)15-9-3-1-4-10-12(9)20-8-19-10/h1,3-4H,2,5-8H2,(H,15,16)(H,17,18). The van der Waals surface area contributed by atoms with Crippen LogP contribution in [0, 0.1) is 5.41 Å². The van der Waals surface area contributed by atoms with Crippen LogP contribution in [0.3, 0.4) is 0 Å². The first kappa shape index (κ1) is 12.8. The van der Waals surface area contributed by atoms with Gasteiger partial charge < -0.3 is 19.9 Å². The first-order valence-corrected chi connectivity index (χ1v) is 6.53. The molecule has 6 nitrogen and oxygen atoms in total. The van der Waals surface area contributed by atoms with Gasteiger partial charge in [-0.25, -0.2) is 0 Å². The SMILES string of the molecule is O=C(CC1(C(=O)O)CCC1)Nc1cccc2c1OCO2. The Hall–Kier alpha value is -2.24. The Kier molecular flexibility index (Phi) is 3.00. The van der Waals surface area contributed by atoms with Gasteiger partial charge >= 0.3 is 5.97 Å². The average molecular weight is 277 g/mol. The smallest absolute Gasteiger partial charge is 0.310 e. The number of carboxylic acid groups (broad SMARTS) is 1. The Balaban J connectivity index is 1.71. The van der Waals surface area contributed by atoms with Crippen LogP contribution in [-0.2, 0) is 9.59 Å². The summed E-state index contributed by atoms with van der Waals surface area (Å²) in [7, 11) is 0. The van der Waals surface area contributed by atoms with E-state index in [1.54, 1.807) is 18.2 Å². The number of aliphatic carboxylic acids is 1. The third-order valence-corrected chi connectivity index (χ3v) is 3.93. The first-order valence-electron chi connectivity index (χ1n) is 6.53. The number of rotatable bonds is 4. The topological polar surface area (TPSA) is 84.9 Å². The van der Waals surface area contributed by atoms with Gasteiger partial charge in [0, 0.05) is 6.42 Å². The number of ether oxygens (including phenoxy) is 2. The molecule has 0 bridgehead atoms. The van der Waals surface area contributed by atoms with E-state index in [0.717, 1.165) is 6.42 Å². The molecule has 1 fully saturated rings. The van der Waals surface area contributed by atoms with Gasteiger partial charge in [-0.15, -0.1) is 0 Å². The van der Waals surface area contributed by atoms with E-state index >= 15 is 0 Å². The summed E-state index contributed by atoms with van der Waals surface area (Å²) in [6.07, 6.45) is 1.97. The predicted octanol–water partition coefficient (Wildman–Crippen LogP) is 2.00. The van der Waals surface area contributed by atoms with Crippen LogP contribution < -0.4 is 14.8 Å². The van der Waals surface area contributed by atoms with Gasteiger partial charge in [-0.05, 0) is 25.0 Å². The van der Waals surface area contributed by atoms with Crippen molar-refractivity contribution in [3.05, 3.63) is 18.2 Å².